The molecule has 0 fully saturated rings. The van der Waals surface area contributed by atoms with Crippen molar-refractivity contribution in [3.05, 3.63) is 53.1 Å². The van der Waals surface area contributed by atoms with Gasteiger partial charge in [0, 0.05) is 17.3 Å². The van der Waals surface area contributed by atoms with Crippen LogP contribution in [0.2, 0.25) is 5.02 Å². The van der Waals surface area contributed by atoms with Gasteiger partial charge in [0.15, 0.2) is 0 Å². The fourth-order valence-electron chi connectivity index (χ4n) is 2.10. The lowest BCUT2D eigenvalue weighted by Crippen LogP contribution is -2.24. The number of hydrogen-bond acceptors (Lipinski definition) is 4. The predicted molar refractivity (Wildman–Crippen MR) is 97.6 cm³/mol. The number of sulfonamides is 1. The highest BCUT2D eigenvalue weighted by Crippen LogP contribution is 2.23. The second-order valence-corrected chi connectivity index (χ2v) is 7.60. The summed E-state index contributed by atoms with van der Waals surface area (Å²) in [6, 6.07) is 10.00. The van der Waals surface area contributed by atoms with Crippen molar-refractivity contribution in [3.63, 3.8) is 0 Å². The summed E-state index contributed by atoms with van der Waals surface area (Å²) in [5.41, 5.74) is 0.296. The Labute approximate surface area is 151 Å². The van der Waals surface area contributed by atoms with Gasteiger partial charge in [-0.3, -0.25) is 4.79 Å². The number of amides is 1. The van der Waals surface area contributed by atoms with E-state index in [1.54, 1.807) is 6.07 Å². The van der Waals surface area contributed by atoms with Crippen molar-refractivity contribution in [2.45, 2.75) is 24.7 Å². The molecule has 6 nitrogen and oxygen atoms in total. The zero-order chi connectivity index (χ0) is 18.4. The lowest BCUT2D eigenvalue weighted by atomic mass is 10.2. The summed E-state index contributed by atoms with van der Waals surface area (Å²) in [6.45, 7) is 2.32. The van der Waals surface area contributed by atoms with Gasteiger partial charge in [0.25, 0.3) is 5.91 Å². The first kappa shape index (κ1) is 19.2. The molecule has 0 unspecified atom stereocenters. The van der Waals surface area contributed by atoms with E-state index in [1.807, 2.05) is 6.92 Å². The average Bonchev–Trinajstić information content (AvgIpc) is 2.57. The van der Waals surface area contributed by atoms with Gasteiger partial charge in [0.2, 0.25) is 10.0 Å². The molecular weight excluding hydrogens is 364 g/mol. The molecule has 2 rings (SSSR count). The van der Waals surface area contributed by atoms with Crippen LogP contribution in [0.15, 0.2) is 47.4 Å². The SMILES string of the molecule is CCCCNS(=O)(=O)c1cccc(NC(=O)c2cc(Cl)ccc2O)c1. The number of carbonyl (C=O) groups excluding carboxylic acids is 1. The highest BCUT2D eigenvalue weighted by molar-refractivity contribution is 7.89. The number of unbranched alkanes of at least 4 members (excludes halogenated alkanes) is 1. The molecule has 0 aliphatic heterocycles. The summed E-state index contributed by atoms with van der Waals surface area (Å²) < 4.78 is 27.0. The van der Waals surface area contributed by atoms with E-state index in [-0.39, 0.29) is 16.2 Å². The molecular formula is C17H19ClN2O4S. The smallest absolute Gasteiger partial charge is 0.259 e. The van der Waals surface area contributed by atoms with E-state index in [9.17, 15) is 18.3 Å². The summed E-state index contributed by atoms with van der Waals surface area (Å²) in [5, 5.41) is 12.6. The van der Waals surface area contributed by atoms with Gasteiger partial charge in [0.1, 0.15) is 5.75 Å². The fourth-order valence-corrected chi connectivity index (χ4v) is 3.39. The van der Waals surface area contributed by atoms with Gasteiger partial charge in [-0.15, -0.1) is 0 Å². The Balaban J connectivity index is 2.19. The second kappa shape index (κ2) is 8.33. The maximum absolute atomic E-state index is 12.3. The molecule has 1 amide bonds. The minimum atomic E-state index is -3.64. The van der Waals surface area contributed by atoms with E-state index in [0.29, 0.717) is 17.3 Å². The summed E-state index contributed by atoms with van der Waals surface area (Å²) in [4.78, 5) is 12.3. The van der Waals surface area contributed by atoms with E-state index in [2.05, 4.69) is 10.0 Å². The third kappa shape index (κ3) is 5.19. The number of phenolic OH excluding ortho intramolecular Hbond substituents is 1. The van der Waals surface area contributed by atoms with Crippen molar-refractivity contribution in [2.75, 3.05) is 11.9 Å². The average molecular weight is 383 g/mol. The molecule has 0 saturated heterocycles. The summed E-state index contributed by atoms with van der Waals surface area (Å²) in [6.07, 6.45) is 1.62. The number of carbonyl (C=O) groups is 1. The van der Waals surface area contributed by atoms with Gasteiger partial charge in [0.05, 0.1) is 10.5 Å². The molecule has 0 heterocycles. The maximum atomic E-state index is 12.3. The Kier molecular flexibility index (Phi) is 6.41. The Morgan fingerprint density at radius 1 is 1.20 bits per heavy atom. The number of phenols is 1. The third-order valence-electron chi connectivity index (χ3n) is 3.43. The van der Waals surface area contributed by atoms with Crippen LogP contribution in [0.5, 0.6) is 5.75 Å². The number of rotatable bonds is 7. The largest absolute Gasteiger partial charge is 0.507 e. The lowest BCUT2D eigenvalue weighted by molar-refractivity contribution is 0.102. The van der Waals surface area contributed by atoms with Gasteiger partial charge >= 0.3 is 0 Å². The molecule has 0 aromatic heterocycles. The number of anilines is 1. The Bertz CT molecular complexity index is 869. The summed E-state index contributed by atoms with van der Waals surface area (Å²) >= 11 is 5.83. The molecule has 0 atom stereocenters. The van der Waals surface area contributed by atoms with Crippen LogP contribution in [0.1, 0.15) is 30.1 Å². The van der Waals surface area contributed by atoms with E-state index < -0.39 is 15.9 Å². The van der Waals surface area contributed by atoms with Crippen molar-refractivity contribution < 1.29 is 18.3 Å². The number of benzene rings is 2. The van der Waals surface area contributed by atoms with Gasteiger partial charge in [-0.05, 0) is 42.8 Å². The molecule has 0 spiro atoms. The molecule has 0 aliphatic carbocycles. The van der Waals surface area contributed by atoms with Gasteiger partial charge < -0.3 is 10.4 Å². The van der Waals surface area contributed by atoms with Crippen LogP contribution in [0.3, 0.4) is 0 Å². The Morgan fingerprint density at radius 3 is 2.68 bits per heavy atom. The van der Waals surface area contributed by atoms with E-state index in [4.69, 9.17) is 11.6 Å². The number of halogens is 1. The highest BCUT2D eigenvalue weighted by atomic mass is 35.5. The highest BCUT2D eigenvalue weighted by Gasteiger charge is 2.16. The van der Waals surface area contributed by atoms with Crippen molar-refractivity contribution in [3.8, 4) is 5.75 Å². The van der Waals surface area contributed by atoms with E-state index in [0.717, 1.165) is 12.8 Å². The first-order chi connectivity index (χ1) is 11.8. The molecule has 2 aromatic rings. The predicted octanol–water partition coefficient (Wildman–Crippen LogP) is 3.38. The Morgan fingerprint density at radius 2 is 1.96 bits per heavy atom. The summed E-state index contributed by atoms with van der Waals surface area (Å²) in [5.74, 6) is -0.805. The first-order valence-corrected chi connectivity index (χ1v) is 9.59. The van der Waals surface area contributed by atoms with Gasteiger partial charge in [-0.2, -0.15) is 0 Å². The summed E-state index contributed by atoms with van der Waals surface area (Å²) in [7, 11) is -3.64. The van der Waals surface area contributed by atoms with Crippen LogP contribution < -0.4 is 10.0 Å². The quantitative estimate of drug-likeness (QED) is 0.639. The van der Waals surface area contributed by atoms with Crippen LogP contribution >= 0.6 is 11.6 Å². The van der Waals surface area contributed by atoms with Crippen molar-refractivity contribution >= 4 is 33.2 Å². The maximum Gasteiger partial charge on any atom is 0.259 e. The topological polar surface area (TPSA) is 95.5 Å². The third-order valence-corrected chi connectivity index (χ3v) is 5.12. The molecule has 0 bridgehead atoms. The number of nitrogens with one attached hydrogen (secondary N) is 2. The minimum Gasteiger partial charge on any atom is -0.507 e. The molecule has 2 aromatic carbocycles. The molecule has 0 saturated carbocycles. The van der Waals surface area contributed by atoms with E-state index in [1.165, 1.54) is 36.4 Å². The Hall–Kier alpha value is -2.09. The van der Waals surface area contributed by atoms with Gasteiger partial charge in [-0.1, -0.05) is 31.0 Å². The fraction of sp³-hybridized carbons (Fsp3) is 0.235. The zero-order valence-electron chi connectivity index (χ0n) is 13.6. The lowest BCUT2D eigenvalue weighted by Gasteiger charge is -2.10. The number of aromatic hydroxyl groups is 1. The van der Waals surface area contributed by atoms with E-state index >= 15 is 0 Å². The second-order valence-electron chi connectivity index (χ2n) is 5.39. The molecule has 0 aliphatic rings. The van der Waals surface area contributed by atoms with Gasteiger partial charge in [-0.25, -0.2) is 13.1 Å². The molecule has 25 heavy (non-hydrogen) atoms. The molecule has 134 valence electrons. The normalized spacial score (nSPS) is 11.3. The molecule has 8 heteroatoms. The van der Waals surface area contributed by atoms with Crippen molar-refractivity contribution in [1.82, 2.24) is 4.72 Å². The molecule has 3 N–H and O–H groups in total. The van der Waals surface area contributed by atoms with Crippen molar-refractivity contribution in [1.29, 1.82) is 0 Å². The first-order valence-electron chi connectivity index (χ1n) is 7.73. The molecule has 0 radical (unpaired) electrons. The van der Waals surface area contributed by atoms with Crippen LogP contribution in [-0.2, 0) is 10.0 Å². The van der Waals surface area contributed by atoms with Crippen LogP contribution in [0, 0.1) is 0 Å². The zero-order valence-corrected chi connectivity index (χ0v) is 15.2. The number of hydrogen-bond donors (Lipinski definition) is 3. The van der Waals surface area contributed by atoms with Crippen molar-refractivity contribution in [2.24, 2.45) is 0 Å². The van der Waals surface area contributed by atoms with Crippen LogP contribution in [0.4, 0.5) is 5.69 Å². The van der Waals surface area contributed by atoms with Crippen LogP contribution in [-0.4, -0.2) is 26.0 Å². The standard InChI is InChI=1S/C17H19ClN2O4S/c1-2-3-9-19-25(23,24)14-6-4-5-13(11-14)20-17(22)15-10-12(18)7-8-16(15)21/h4-8,10-11,19,21H,2-3,9H2,1H3,(H,20,22). The minimum absolute atomic E-state index is 0.00170. The van der Waals surface area contributed by atoms with Crippen LogP contribution in [0.25, 0.3) is 0 Å². The monoisotopic (exact) mass is 382 g/mol.